The van der Waals surface area contributed by atoms with E-state index in [1.807, 2.05) is 31.2 Å². The van der Waals surface area contributed by atoms with E-state index in [0.29, 0.717) is 5.92 Å². The van der Waals surface area contributed by atoms with Crippen molar-refractivity contribution in [3.63, 3.8) is 0 Å². The molecule has 1 saturated heterocycles. The lowest BCUT2D eigenvalue weighted by atomic mass is 9.94. The molecule has 0 aromatic heterocycles. The summed E-state index contributed by atoms with van der Waals surface area (Å²) in [7, 11) is 0. The molecule has 104 valence electrons. The van der Waals surface area contributed by atoms with E-state index in [2.05, 4.69) is 17.6 Å². The molecule has 0 spiro atoms. The Bertz CT molecular complexity index is 430. The van der Waals surface area contributed by atoms with Crippen molar-refractivity contribution in [3.05, 3.63) is 35.4 Å². The summed E-state index contributed by atoms with van der Waals surface area (Å²) < 4.78 is 0. The number of carbonyl (C=O) groups excluding carboxylic acids is 1. The van der Waals surface area contributed by atoms with Crippen molar-refractivity contribution in [3.8, 4) is 0 Å². The number of piperidine rings is 1. The quantitative estimate of drug-likeness (QED) is 0.763. The summed E-state index contributed by atoms with van der Waals surface area (Å²) in [4.78, 5) is 12.2. The van der Waals surface area contributed by atoms with Crippen molar-refractivity contribution in [1.82, 2.24) is 10.6 Å². The van der Waals surface area contributed by atoms with E-state index in [1.165, 1.54) is 5.56 Å². The van der Waals surface area contributed by atoms with Crippen LogP contribution >= 0.6 is 0 Å². The van der Waals surface area contributed by atoms with Gasteiger partial charge >= 0.3 is 0 Å². The van der Waals surface area contributed by atoms with Crippen LogP contribution in [0.15, 0.2) is 24.3 Å². The summed E-state index contributed by atoms with van der Waals surface area (Å²) in [6.45, 7) is 6.07. The van der Waals surface area contributed by atoms with Crippen LogP contribution in [0.25, 0.3) is 0 Å². The van der Waals surface area contributed by atoms with Crippen molar-refractivity contribution < 1.29 is 4.79 Å². The Balaban J connectivity index is 1.97. The molecule has 1 aliphatic rings. The van der Waals surface area contributed by atoms with Crippen LogP contribution in [-0.2, 0) is 4.79 Å². The van der Waals surface area contributed by atoms with E-state index in [0.717, 1.165) is 25.1 Å². The second-order valence-electron chi connectivity index (χ2n) is 5.47. The molecule has 1 aromatic rings. The van der Waals surface area contributed by atoms with Crippen molar-refractivity contribution in [2.24, 2.45) is 11.7 Å². The van der Waals surface area contributed by atoms with E-state index < -0.39 is 6.04 Å². The first-order chi connectivity index (χ1) is 9.08. The first-order valence-corrected chi connectivity index (χ1v) is 6.91. The van der Waals surface area contributed by atoms with Gasteiger partial charge in [0.25, 0.3) is 0 Å². The lowest BCUT2D eigenvalue weighted by molar-refractivity contribution is -0.123. The lowest BCUT2D eigenvalue weighted by Crippen LogP contribution is -2.50. The molecule has 1 aromatic carbocycles. The minimum absolute atomic E-state index is 0.0809. The number of carbonyl (C=O) groups is 1. The molecular weight excluding hydrogens is 238 g/mol. The molecule has 0 bridgehead atoms. The van der Waals surface area contributed by atoms with Gasteiger partial charge in [-0.15, -0.1) is 0 Å². The number of rotatable bonds is 3. The highest BCUT2D eigenvalue weighted by atomic mass is 16.2. The minimum Gasteiger partial charge on any atom is -0.351 e. The zero-order valence-electron chi connectivity index (χ0n) is 11.6. The summed E-state index contributed by atoms with van der Waals surface area (Å²) in [5, 5.41) is 6.40. The number of hydrogen-bond acceptors (Lipinski definition) is 3. The summed E-state index contributed by atoms with van der Waals surface area (Å²) in [6, 6.07) is 7.45. The van der Waals surface area contributed by atoms with Crippen molar-refractivity contribution in [2.75, 3.05) is 13.1 Å². The highest BCUT2D eigenvalue weighted by molar-refractivity contribution is 5.83. The third-order valence-corrected chi connectivity index (χ3v) is 3.83. The van der Waals surface area contributed by atoms with Gasteiger partial charge in [-0.2, -0.15) is 0 Å². The highest BCUT2D eigenvalue weighted by Gasteiger charge is 2.25. The summed E-state index contributed by atoms with van der Waals surface area (Å²) >= 11 is 0. The van der Waals surface area contributed by atoms with Crippen LogP contribution in [0.1, 0.15) is 30.5 Å². The average molecular weight is 261 g/mol. The first kappa shape index (κ1) is 14.0. The summed E-state index contributed by atoms with van der Waals surface area (Å²) in [5.74, 6) is 0.366. The smallest absolute Gasteiger partial charge is 0.241 e. The van der Waals surface area contributed by atoms with Crippen LogP contribution in [0.5, 0.6) is 0 Å². The maximum Gasteiger partial charge on any atom is 0.241 e. The lowest BCUT2D eigenvalue weighted by Gasteiger charge is -2.31. The Kier molecular flexibility index (Phi) is 4.56. The normalized spacial score (nSPS) is 24.8. The average Bonchev–Trinajstić information content (AvgIpc) is 2.41. The molecule has 0 aliphatic carbocycles. The fourth-order valence-electron chi connectivity index (χ4n) is 2.43. The minimum atomic E-state index is -0.581. The topological polar surface area (TPSA) is 67.2 Å². The van der Waals surface area contributed by atoms with Crippen molar-refractivity contribution >= 4 is 5.91 Å². The van der Waals surface area contributed by atoms with E-state index in [1.54, 1.807) is 0 Å². The molecule has 1 aliphatic heterocycles. The maximum absolute atomic E-state index is 12.2. The van der Waals surface area contributed by atoms with Gasteiger partial charge in [-0.05, 0) is 37.9 Å². The van der Waals surface area contributed by atoms with Gasteiger partial charge in [-0.3, -0.25) is 4.79 Å². The molecule has 0 radical (unpaired) electrons. The predicted octanol–water partition coefficient (Wildman–Crippen LogP) is 1.11. The Hall–Kier alpha value is -1.39. The van der Waals surface area contributed by atoms with E-state index in [-0.39, 0.29) is 11.9 Å². The second-order valence-corrected chi connectivity index (χ2v) is 5.47. The van der Waals surface area contributed by atoms with E-state index in [9.17, 15) is 4.79 Å². The number of nitrogens with one attached hydrogen (secondary N) is 2. The summed E-state index contributed by atoms with van der Waals surface area (Å²) in [5.41, 5.74) is 8.06. The zero-order chi connectivity index (χ0) is 13.8. The Morgan fingerprint density at radius 1 is 1.42 bits per heavy atom. The monoisotopic (exact) mass is 261 g/mol. The van der Waals surface area contributed by atoms with Gasteiger partial charge in [0.1, 0.15) is 6.04 Å². The molecule has 3 unspecified atom stereocenters. The number of amides is 1. The third kappa shape index (κ3) is 3.55. The zero-order valence-corrected chi connectivity index (χ0v) is 11.6. The second kappa shape index (κ2) is 6.17. The molecule has 4 heteroatoms. The highest BCUT2D eigenvalue weighted by Crippen LogP contribution is 2.15. The number of aryl methyl sites for hydroxylation is 1. The number of nitrogens with two attached hydrogens (primary N) is 1. The van der Waals surface area contributed by atoms with E-state index >= 15 is 0 Å². The Labute approximate surface area is 114 Å². The molecule has 1 heterocycles. The van der Waals surface area contributed by atoms with Gasteiger partial charge in [0.15, 0.2) is 0 Å². The molecule has 1 amide bonds. The van der Waals surface area contributed by atoms with Gasteiger partial charge in [0, 0.05) is 6.04 Å². The molecule has 4 nitrogen and oxygen atoms in total. The van der Waals surface area contributed by atoms with Gasteiger partial charge in [-0.25, -0.2) is 0 Å². The van der Waals surface area contributed by atoms with Crippen molar-refractivity contribution in [1.29, 1.82) is 0 Å². The third-order valence-electron chi connectivity index (χ3n) is 3.83. The number of hydrogen-bond donors (Lipinski definition) is 3. The summed E-state index contributed by atoms with van der Waals surface area (Å²) in [6.07, 6.45) is 0.966. The standard InChI is InChI=1S/C15H23N3O/c1-10-3-5-12(6-4-10)14(16)15(19)18-13-7-8-17-9-11(13)2/h3-6,11,13-14,17H,7-9,16H2,1-2H3,(H,18,19). The van der Waals surface area contributed by atoms with Crippen LogP contribution in [0.4, 0.5) is 0 Å². The van der Waals surface area contributed by atoms with Crippen LogP contribution in [0.3, 0.4) is 0 Å². The van der Waals surface area contributed by atoms with E-state index in [4.69, 9.17) is 5.73 Å². The molecular formula is C15H23N3O. The van der Waals surface area contributed by atoms with Crippen LogP contribution < -0.4 is 16.4 Å². The molecule has 2 rings (SSSR count). The largest absolute Gasteiger partial charge is 0.351 e. The van der Waals surface area contributed by atoms with Gasteiger partial charge < -0.3 is 16.4 Å². The Morgan fingerprint density at radius 3 is 2.74 bits per heavy atom. The van der Waals surface area contributed by atoms with Gasteiger partial charge in [-0.1, -0.05) is 36.8 Å². The van der Waals surface area contributed by atoms with Gasteiger partial charge in [0.05, 0.1) is 0 Å². The van der Waals surface area contributed by atoms with Crippen LogP contribution in [-0.4, -0.2) is 25.0 Å². The van der Waals surface area contributed by atoms with Crippen LogP contribution in [0.2, 0.25) is 0 Å². The van der Waals surface area contributed by atoms with Gasteiger partial charge in [0.2, 0.25) is 5.91 Å². The fourth-order valence-corrected chi connectivity index (χ4v) is 2.43. The molecule has 1 fully saturated rings. The first-order valence-electron chi connectivity index (χ1n) is 6.91. The maximum atomic E-state index is 12.2. The molecule has 19 heavy (non-hydrogen) atoms. The molecule has 3 atom stereocenters. The fraction of sp³-hybridized carbons (Fsp3) is 0.533. The van der Waals surface area contributed by atoms with Crippen LogP contribution in [0, 0.1) is 12.8 Å². The SMILES string of the molecule is Cc1ccc(C(N)C(=O)NC2CCNCC2C)cc1. The molecule has 4 N–H and O–H groups in total. The predicted molar refractivity (Wildman–Crippen MR) is 76.7 cm³/mol. The van der Waals surface area contributed by atoms with Crippen molar-refractivity contribution in [2.45, 2.75) is 32.4 Å². The molecule has 0 saturated carbocycles. The Morgan fingerprint density at radius 2 is 2.11 bits per heavy atom. The number of benzene rings is 1.